The number of aromatic nitrogens is 2. The molecule has 2 aromatic rings. The van der Waals surface area contributed by atoms with Crippen LogP contribution in [0.25, 0.3) is 17.1 Å². The van der Waals surface area contributed by atoms with Crippen LogP contribution >= 0.6 is 12.2 Å². The number of aliphatic imine (C=N–C) groups is 2. The number of hydrogen-bond donors (Lipinski definition) is 0. The summed E-state index contributed by atoms with van der Waals surface area (Å²) in [6.07, 6.45) is 2.09. The number of imidazole rings is 1. The first-order chi connectivity index (χ1) is 10.5. The first-order valence-corrected chi connectivity index (χ1v) is 7.64. The van der Waals surface area contributed by atoms with Gasteiger partial charge in [0.2, 0.25) is 5.11 Å². The normalized spacial score (nSPS) is 15.7. The van der Waals surface area contributed by atoms with Gasteiger partial charge in [-0.15, -0.1) is 0 Å². The van der Waals surface area contributed by atoms with Crippen molar-refractivity contribution in [2.24, 2.45) is 9.98 Å². The molecule has 0 bridgehead atoms. The molecular weight excluding hydrogens is 292 g/mol. The van der Waals surface area contributed by atoms with Crippen LogP contribution in [0.4, 0.5) is 0 Å². The predicted octanol–water partition coefficient (Wildman–Crippen LogP) is 4.22. The van der Waals surface area contributed by atoms with Crippen LogP contribution in [-0.2, 0) is 0 Å². The van der Waals surface area contributed by atoms with Gasteiger partial charge in [0.15, 0.2) is 0 Å². The van der Waals surface area contributed by atoms with E-state index < -0.39 is 0 Å². The van der Waals surface area contributed by atoms with E-state index in [4.69, 9.17) is 17.2 Å². The van der Waals surface area contributed by atoms with Crippen LogP contribution in [0.1, 0.15) is 39.6 Å². The summed E-state index contributed by atoms with van der Waals surface area (Å²) in [5, 5.41) is 0.402. The minimum atomic E-state index is -0.0373. The van der Waals surface area contributed by atoms with E-state index in [1.165, 1.54) is 5.57 Å². The zero-order valence-electron chi connectivity index (χ0n) is 13.2. The van der Waals surface area contributed by atoms with Gasteiger partial charge in [-0.3, -0.25) is 0 Å². The van der Waals surface area contributed by atoms with Crippen LogP contribution < -0.4 is 0 Å². The SMILES string of the molecule is CC(C)=Cc1nc2ccccc2n1C1C(C)=NC(=S)N=C1C. The lowest BCUT2D eigenvalue weighted by molar-refractivity contribution is 0.794. The van der Waals surface area contributed by atoms with E-state index in [1.54, 1.807) is 0 Å². The molecule has 0 saturated heterocycles. The van der Waals surface area contributed by atoms with Crippen LogP contribution in [0.3, 0.4) is 0 Å². The highest BCUT2D eigenvalue weighted by Crippen LogP contribution is 2.26. The molecule has 1 aliphatic rings. The van der Waals surface area contributed by atoms with E-state index >= 15 is 0 Å². The van der Waals surface area contributed by atoms with E-state index in [2.05, 4.69) is 40.5 Å². The first-order valence-electron chi connectivity index (χ1n) is 7.23. The fourth-order valence-corrected chi connectivity index (χ4v) is 3.11. The van der Waals surface area contributed by atoms with Crippen LogP contribution in [0.5, 0.6) is 0 Å². The Morgan fingerprint density at radius 1 is 1.14 bits per heavy atom. The Morgan fingerprint density at radius 3 is 2.41 bits per heavy atom. The minimum absolute atomic E-state index is 0.0373. The lowest BCUT2D eigenvalue weighted by atomic mass is 10.1. The quantitative estimate of drug-likeness (QED) is 0.779. The topological polar surface area (TPSA) is 42.5 Å². The summed E-state index contributed by atoms with van der Waals surface area (Å²) in [6, 6.07) is 8.10. The van der Waals surface area contributed by atoms with E-state index in [-0.39, 0.29) is 6.04 Å². The molecule has 0 aliphatic carbocycles. The molecule has 22 heavy (non-hydrogen) atoms. The number of nitrogens with zero attached hydrogens (tertiary/aromatic N) is 4. The Morgan fingerprint density at radius 2 is 1.77 bits per heavy atom. The average molecular weight is 310 g/mol. The second kappa shape index (κ2) is 5.57. The highest BCUT2D eigenvalue weighted by molar-refractivity contribution is 7.80. The van der Waals surface area contributed by atoms with Gasteiger partial charge in [0.05, 0.1) is 11.0 Å². The van der Waals surface area contributed by atoms with Gasteiger partial charge in [-0.05, 0) is 58.1 Å². The fraction of sp³-hybridized carbons (Fsp3) is 0.294. The number of hydrogen-bond acceptors (Lipinski definition) is 2. The van der Waals surface area contributed by atoms with E-state index in [1.807, 2.05) is 32.0 Å². The number of benzene rings is 1. The largest absolute Gasteiger partial charge is 0.310 e. The summed E-state index contributed by atoms with van der Waals surface area (Å²) < 4.78 is 2.20. The van der Waals surface area contributed by atoms with Gasteiger partial charge in [0.25, 0.3) is 0 Å². The first kappa shape index (κ1) is 14.8. The maximum atomic E-state index is 5.13. The molecule has 0 saturated carbocycles. The molecule has 112 valence electrons. The second-order valence-corrected chi connectivity index (χ2v) is 6.11. The van der Waals surface area contributed by atoms with Crippen molar-refractivity contribution in [1.29, 1.82) is 0 Å². The Kier molecular flexibility index (Phi) is 3.74. The van der Waals surface area contributed by atoms with E-state index in [9.17, 15) is 0 Å². The summed E-state index contributed by atoms with van der Waals surface area (Å²) in [4.78, 5) is 13.5. The Bertz CT molecular complexity index is 829. The third-order valence-corrected chi connectivity index (χ3v) is 3.82. The van der Waals surface area contributed by atoms with Crippen LogP contribution in [0, 0.1) is 0 Å². The summed E-state index contributed by atoms with van der Waals surface area (Å²) in [5.41, 5.74) is 5.15. The molecule has 3 rings (SSSR count). The monoisotopic (exact) mass is 310 g/mol. The Hall–Kier alpha value is -2.14. The van der Waals surface area contributed by atoms with Gasteiger partial charge >= 0.3 is 0 Å². The molecule has 1 aromatic heterocycles. The van der Waals surface area contributed by atoms with Crippen molar-refractivity contribution in [3.05, 3.63) is 35.7 Å². The smallest absolute Gasteiger partial charge is 0.219 e. The number of fused-ring (bicyclic) bond motifs is 1. The molecule has 1 aromatic carbocycles. The van der Waals surface area contributed by atoms with Crippen LogP contribution in [0.2, 0.25) is 0 Å². The number of allylic oxidation sites excluding steroid dienone is 1. The molecule has 0 unspecified atom stereocenters. The van der Waals surface area contributed by atoms with Crippen molar-refractivity contribution in [3.8, 4) is 0 Å². The van der Waals surface area contributed by atoms with Crippen LogP contribution in [-0.4, -0.2) is 26.1 Å². The van der Waals surface area contributed by atoms with Crippen molar-refractivity contribution in [2.75, 3.05) is 0 Å². The Balaban J connectivity index is 2.29. The molecule has 4 nitrogen and oxygen atoms in total. The summed E-state index contributed by atoms with van der Waals surface area (Å²) in [5.74, 6) is 0.920. The highest BCUT2D eigenvalue weighted by atomic mass is 32.1. The summed E-state index contributed by atoms with van der Waals surface area (Å²) >= 11 is 5.13. The van der Waals surface area contributed by atoms with E-state index in [0.29, 0.717) is 5.11 Å². The standard InChI is InChI=1S/C17H18N4S/c1-10(2)9-15-20-13-7-5-6-8-14(13)21(15)16-11(3)18-17(22)19-12(16)4/h5-9,16H,1-4H3. The van der Waals surface area contributed by atoms with Crippen molar-refractivity contribution < 1.29 is 0 Å². The molecular formula is C17H18N4S. The molecule has 0 N–H and O–H groups in total. The lowest BCUT2D eigenvalue weighted by Gasteiger charge is -2.23. The highest BCUT2D eigenvalue weighted by Gasteiger charge is 2.26. The molecule has 2 heterocycles. The molecule has 5 heteroatoms. The third kappa shape index (κ3) is 2.52. The predicted molar refractivity (Wildman–Crippen MR) is 96.9 cm³/mol. The van der Waals surface area contributed by atoms with Crippen molar-refractivity contribution >= 4 is 45.9 Å². The van der Waals surface area contributed by atoms with Gasteiger partial charge in [-0.25, -0.2) is 15.0 Å². The summed E-state index contributed by atoms with van der Waals surface area (Å²) in [6.45, 7) is 8.13. The van der Waals surface area contributed by atoms with Gasteiger partial charge < -0.3 is 4.57 Å². The molecule has 0 atom stereocenters. The maximum Gasteiger partial charge on any atom is 0.219 e. The second-order valence-electron chi connectivity index (χ2n) is 5.74. The zero-order valence-corrected chi connectivity index (χ0v) is 14.0. The number of para-hydroxylation sites is 2. The molecule has 0 fully saturated rings. The maximum absolute atomic E-state index is 5.13. The van der Waals surface area contributed by atoms with Gasteiger partial charge in [-0.2, -0.15) is 0 Å². The molecule has 0 radical (unpaired) electrons. The van der Waals surface area contributed by atoms with Crippen LogP contribution in [0.15, 0.2) is 39.8 Å². The minimum Gasteiger partial charge on any atom is -0.310 e. The Labute approximate surface area is 135 Å². The van der Waals surface area contributed by atoms with E-state index in [0.717, 1.165) is 28.3 Å². The fourth-order valence-electron chi connectivity index (χ4n) is 2.82. The van der Waals surface area contributed by atoms with Crippen molar-refractivity contribution in [1.82, 2.24) is 9.55 Å². The lowest BCUT2D eigenvalue weighted by Crippen LogP contribution is -2.29. The van der Waals surface area contributed by atoms with Crippen molar-refractivity contribution in [2.45, 2.75) is 33.7 Å². The van der Waals surface area contributed by atoms with Gasteiger partial charge in [-0.1, -0.05) is 17.7 Å². The number of rotatable bonds is 2. The van der Waals surface area contributed by atoms with Crippen molar-refractivity contribution in [3.63, 3.8) is 0 Å². The van der Waals surface area contributed by atoms with Gasteiger partial charge in [0, 0.05) is 11.4 Å². The summed E-state index contributed by atoms with van der Waals surface area (Å²) in [7, 11) is 0. The molecule has 1 aliphatic heterocycles. The third-order valence-electron chi connectivity index (χ3n) is 3.63. The molecule has 0 amide bonds. The number of thiocarbonyl (C=S) groups is 1. The average Bonchev–Trinajstić information content (AvgIpc) is 2.75. The zero-order chi connectivity index (χ0) is 15.9. The molecule has 0 spiro atoms. The van der Waals surface area contributed by atoms with Gasteiger partial charge in [0.1, 0.15) is 11.9 Å².